The Balaban J connectivity index is 1.63. The molecule has 1 aromatic heterocycles. The Kier molecular flexibility index (Phi) is 5.43. The highest BCUT2D eigenvalue weighted by Gasteiger charge is 2.14. The second kappa shape index (κ2) is 8.67. The number of carbonyl (C=O) groups excluding carboxylic acids is 1. The van der Waals surface area contributed by atoms with Gasteiger partial charge in [-0.2, -0.15) is 4.98 Å². The standard InChI is InChI=1S/C23H18N4O2/c28-21(17-10-4-1-5-11-17)26-20-16-24-23(25-18-12-6-2-7-13-18)27-22(20)29-19-14-8-3-9-15-19/h1-16H,(H,26,28)(H,24,25,27). The van der Waals surface area contributed by atoms with Gasteiger partial charge >= 0.3 is 0 Å². The number of anilines is 3. The summed E-state index contributed by atoms with van der Waals surface area (Å²) in [7, 11) is 0. The van der Waals surface area contributed by atoms with Crippen molar-refractivity contribution >= 4 is 23.2 Å². The molecule has 0 bridgehead atoms. The van der Waals surface area contributed by atoms with E-state index in [0.29, 0.717) is 22.9 Å². The molecule has 4 rings (SSSR count). The van der Waals surface area contributed by atoms with Crippen molar-refractivity contribution in [3.8, 4) is 11.6 Å². The smallest absolute Gasteiger partial charge is 0.255 e. The van der Waals surface area contributed by atoms with Crippen LogP contribution >= 0.6 is 0 Å². The van der Waals surface area contributed by atoms with Crippen LogP contribution in [0.5, 0.6) is 11.6 Å². The third-order valence-corrected chi connectivity index (χ3v) is 4.03. The van der Waals surface area contributed by atoms with Crippen LogP contribution in [0.3, 0.4) is 0 Å². The molecule has 29 heavy (non-hydrogen) atoms. The fourth-order valence-electron chi connectivity index (χ4n) is 2.62. The van der Waals surface area contributed by atoms with Gasteiger partial charge in [-0.25, -0.2) is 4.98 Å². The van der Waals surface area contributed by atoms with Crippen molar-refractivity contribution in [3.63, 3.8) is 0 Å². The number of aromatic nitrogens is 2. The summed E-state index contributed by atoms with van der Waals surface area (Å²) in [5, 5.41) is 5.95. The molecule has 3 aromatic carbocycles. The summed E-state index contributed by atoms with van der Waals surface area (Å²) in [6.07, 6.45) is 1.53. The number of nitrogens with one attached hydrogen (secondary N) is 2. The summed E-state index contributed by atoms with van der Waals surface area (Å²) < 4.78 is 5.92. The minimum atomic E-state index is -0.268. The lowest BCUT2D eigenvalue weighted by Crippen LogP contribution is -2.13. The fraction of sp³-hybridized carbons (Fsp3) is 0. The van der Waals surface area contributed by atoms with Gasteiger partial charge in [-0.3, -0.25) is 4.79 Å². The van der Waals surface area contributed by atoms with Crippen LogP contribution in [-0.2, 0) is 0 Å². The molecule has 4 aromatic rings. The molecule has 0 fully saturated rings. The highest BCUT2D eigenvalue weighted by Crippen LogP contribution is 2.29. The number of hydrogen-bond donors (Lipinski definition) is 2. The third kappa shape index (κ3) is 4.75. The first-order chi connectivity index (χ1) is 14.3. The first kappa shape index (κ1) is 18.2. The Morgan fingerprint density at radius 3 is 2.10 bits per heavy atom. The van der Waals surface area contributed by atoms with Crippen LogP contribution in [-0.4, -0.2) is 15.9 Å². The molecule has 0 aliphatic carbocycles. The van der Waals surface area contributed by atoms with E-state index in [-0.39, 0.29) is 11.8 Å². The van der Waals surface area contributed by atoms with Crippen LogP contribution in [0.1, 0.15) is 10.4 Å². The minimum Gasteiger partial charge on any atom is -0.437 e. The van der Waals surface area contributed by atoms with Crippen LogP contribution in [0, 0.1) is 0 Å². The molecule has 2 N–H and O–H groups in total. The summed E-state index contributed by atoms with van der Waals surface area (Å²) in [5.74, 6) is 0.941. The van der Waals surface area contributed by atoms with Crippen LogP contribution < -0.4 is 15.4 Å². The Morgan fingerprint density at radius 1 is 0.793 bits per heavy atom. The molecule has 0 aliphatic heterocycles. The molecule has 142 valence electrons. The van der Waals surface area contributed by atoms with Gasteiger partial charge in [0.15, 0.2) is 0 Å². The van der Waals surface area contributed by atoms with Crippen molar-refractivity contribution in [1.82, 2.24) is 9.97 Å². The van der Waals surface area contributed by atoms with E-state index >= 15 is 0 Å². The van der Waals surface area contributed by atoms with Gasteiger partial charge in [0.05, 0.1) is 6.20 Å². The first-order valence-corrected chi connectivity index (χ1v) is 9.06. The average molecular weight is 382 g/mol. The number of para-hydroxylation sites is 2. The Labute approximate surface area is 168 Å². The Hall–Kier alpha value is -4.19. The quantitative estimate of drug-likeness (QED) is 0.475. The summed E-state index contributed by atoms with van der Waals surface area (Å²) in [6, 6.07) is 27.8. The van der Waals surface area contributed by atoms with Crippen molar-refractivity contribution in [1.29, 1.82) is 0 Å². The molecule has 0 saturated carbocycles. The molecule has 1 heterocycles. The van der Waals surface area contributed by atoms with E-state index in [4.69, 9.17) is 4.74 Å². The first-order valence-electron chi connectivity index (χ1n) is 9.06. The largest absolute Gasteiger partial charge is 0.437 e. The molecular weight excluding hydrogens is 364 g/mol. The van der Waals surface area contributed by atoms with E-state index in [9.17, 15) is 4.79 Å². The number of hydrogen-bond acceptors (Lipinski definition) is 5. The van der Waals surface area contributed by atoms with E-state index in [1.165, 1.54) is 6.20 Å². The van der Waals surface area contributed by atoms with E-state index in [1.807, 2.05) is 66.7 Å². The predicted octanol–water partition coefficient (Wildman–Crippen LogP) is 5.26. The second-order valence-corrected chi connectivity index (χ2v) is 6.14. The monoisotopic (exact) mass is 382 g/mol. The van der Waals surface area contributed by atoms with E-state index < -0.39 is 0 Å². The molecule has 6 heteroatoms. The molecule has 0 unspecified atom stereocenters. The molecule has 0 spiro atoms. The topological polar surface area (TPSA) is 76.1 Å². The number of benzene rings is 3. The molecular formula is C23H18N4O2. The minimum absolute atomic E-state index is 0.244. The molecule has 0 saturated heterocycles. The highest BCUT2D eigenvalue weighted by atomic mass is 16.5. The van der Waals surface area contributed by atoms with E-state index in [2.05, 4.69) is 20.6 Å². The van der Waals surface area contributed by atoms with E-state index in [1.54, 1.807) is 24.3 Å². The SMILES string of the molecule is O=C(Nc1cnc(Nc2ccccc2)nc1Oc1ccccc1)c1ccccc1. The maximum absolute atomic E-state index is 12.6. The van der Waals surface area contributed by atoms with Gasteiger partial charge in [-0.15, -0.1) is 0 Å². The Bertz CT molecular complexity index is 1090. The van der Waals surface area contributed by atoms with Crippen molar-refractivity contribution in [2.45, 2.75) is 0 Å². The van der Waals surface area contributed by atoms with Crippen molar-refractivity contribution < 1.29 is 9.53 Å². The molecule has 6 nitrogen and oxygen atoms in total. The van der Waals surface area contributed by atoms with E-state index in [0.717, 1.165) is 5.69 Å². The molecule has 0 aliphatic rings. The summed E-state index contributed by atoms with van der Waals surface area (Å²) in [6.45, 7) is 0. The van der Waals surface area contributed by atoms with Crippen LogP contribution in [0.4, 0.5) is 17.3 Å². The van der Waals surface area contributed by atoms with Crippen LogP contribution in [0.25, 0.3) is 0 Å². The fourth-order valence-corrected chi connectivity index (χ4v) is 2.62. The average Bonchev–Trinajstić information content (AvgIpc) is 2.77. The van der Waals surface area contributed by atoms with Gasteiger partial charge in [0, 0.05) is 11.3 Å². The summed E-state index contributed by atoms with van der Waals surface area (Å²) in [5.41, 5.74) is 1.75. The van der Waals surface area contributed by atoms with Gasteiger partial charge < -0.3 is 15.4 Å². The van der Waals surface area contributed by atoms with Gasteiger partial charge in [0.25, 0.3) is 5.91 Å². The zero-order valence-electron chi connectivity index (χ0n) is 15.4. The van der Waals surface area contributed by atoms with Gasteiger partial charge in [-0.1, -0.05) is 54.6 Å². The predicted molar refractivity (Wildman–Crippen MR) is 113 cm³/mol. The highest BCUT2D eigenvalue weighted by molar-refractivity contribution is 6.04. The maximum Gasteiger partial charge on any atom is 0.255 e. The number of rotatable bonds is 6. The second-order valence-electron chi connectivity index (χ2n) is 6.14. The zero-order chi connectivity index (χ0) is 19.9. The summed E-state index contributed by atoms with van der Waals surface area (Å²) >= 11 is 0. The molecule has 0 radical (unpaired) electrons. The number of carbonyl (C=O) groups is 1. The molecule has 1 amide bonds. The lowest BCUT2D eigenvalue weighted by atomic mass is 10.2. The van der Waals surface area contributed by atoms with Gasteiger partial charge in [-0.05, 0) is 36.4 Å². The Morgan fingerprint density at radius 2 is 1.41 bits per heavy atom. The lowest BCUT2D eigenvalue weighted by molar-refractivity contribution is 0.102. The maximum atomic E-state index is 12.6. The summed E-state index contributed by atoms with van der Waals surface area (Å²) in [4.78, 5) is 21.3. The number of amides is 1. The lowest BCUT2D eigenvalue weighted by Gasteiger charge is -2.13. The van der Waals surface area contributed by atoms with Crippen LogP contribution in [0.15, 0.2) is 97.2 Å². The zero-order valence-corrected chi connectivity index (χ0v) is 15.4. The van der Waals surface area contributed by atoms with Crippen LogP contribution in [0.2, 0.25) is 0 Å². The van der Waals surface area contributed by atoms with Gasteiger partial charge in [0.2, 0.25) is 11.8 Å². The van der Waals surface area contributed by atoms with Crippen molar-refractivity contribution in [3.05, 3.63) is 103 Å². The van der Waals surface area contributed by atoms with Crippen molar-refractivity contribution in [2.24, 2.45) is 0 Å². The number of ether oxygens (including phenoxy) is 1. The molecule has 0 atom stereocenters. The third-order valence-electron chi connectivity index (χ3n) is 4.03. The normalized spacial score (nSPS) is 10.2. The van der Waals surface area contributed by atoms with Crippen molar-refractivity contribution in [2.75, 3.05) is 10.6 Å². The van der Waals surface area contributed by atoms with Gasteiger partial charge in [0.1, 0.15) is 11.4 Å². The number of nitrogens with zero attached hydrogens (tertiary/aromatic N) is 2.